The molecule has 13 heteroatoms. The van der Waals surface area contributed by atoms with E-state index in [1.807, 2.05) is 27.7 Å². The molecular weight excluding hydrogens is 558 g/mol. The van der Waals surface area contributed by atoms with Crippen LogP contribution in [0.3, 0.4) is 0 Å². The van der Waals surface area contributed by atoms with Crippen molar-refractivity contribution in [3.05, 3.63) is 58.9 Å². The third kappa shape index (κ3) is 7.65. The number of methoxy groups -OCH3 is 1. The molecule has 0 spiro atoms. The summed E-state index contributed by atoms with van der Waals surface area (Å²) in [5.74, 6) is -0.115. The topological polar surface area (TPSA) is 156 Å². The molecule has 1 aromatic heterocycles. The van der Waals surface area contributed by atoms with Gasteiger partial charge in [0, 0.05) is 12.1 Å². The first-order valence-corrected chi connectivity index (χ1v) is 15.7. The van der Waals surface area contributed by atoms with Gasteiger partial charge in [-0.2, -0.15) is 0 Å². The van der Waals surface area contributed by atoms with E-state index in [0.29, 0.717) is 29.4 Å². The lowest BCUT2D eigenvalue weighted by molar-refractivity contribution is 0.0938. The van der Waals surface area contributed by atoms with Crippen LogP contribution < -0.4 is 25.4 Å². The summed E-state index contributed by atoms with van der Waals surface area (Å²) in [6.07, 6.45) is 4.63. The zero-order valence-corrected chi connectivity index (χ0v) is 25.7. The van der Waals surface area contributed by atoms with Crippen LogP contribution in [0.25, 0.3) is 5.69 Å². The molecule has 0 unspecified atom stereocenters. The molecular formula is C29H39N7O5S. The van der Waals surface area contributed by atoms with Crippen LogP contribution in [0.5, 0.6) is 5.75 Å². The summed E-state index contributed by atoms with van der Waals surface area (Å²) in [5, 5.41) is 17.3. The van der Waals surface area contributed by atoms with Gasteiger partial charge in [0.15, 0.2) is 11.4 Å². The van der Waals surface area contributed by atoms with E-state index in [1.54, 1.807) is 36.5 Å². The van der Waals surface area contributed by atoms with Gasteiger partial charge >= 0.3 is 0 Å². The molecule has 1 saturated heterocycles. The SMILES string of the molecule is COc1c(NC(=O)c2ccc(C)c(-n3cc(C(=O)NCC4CCNCC4)nn3)c2)cc(C(C)(C)C)cc1NS(C)(=O)=O. The standard InChI is InChI=1S/C29H39N7O5S/c1-18-7-8-20(13-25(18)36-17-24(33-35-36)28(38)31-16-19-9-11-30-12-10-19)27(37)32-22-14-21(29(2,3)4)15-23(26(22)41-5)34-42(6,39)40/h7-8,13-15,17,19,30,34H,9-12,16H2,1-6H3,(H,31,38)(H,32,37). The Morgan fingerprint density at radius 1 is 1.10 bits per heavy atom. The van der Waals surface area contributed by atoms with Crippen LogP contribution in [0.4, 0.5) is 11.4 Å². The van der Waals surface area contributed by atoms with Gasteiger partial charge in [-0.05, 0) is 79.6 Å². The molecule has 2 amide bonds. The third-order valence-corrected chi connectivity index (χ3v) is 7.75. The number of rotatable bonds is 9. The van der Waals surface area contributed by atoms with Crippen LogP contribution in [-0.2, 0) is 15.4 Å². The van der Waals surface area contributed by atoms with Crippen molar-refractivity contribution in [2.75, 3.05) is 43.0 Å². The Morgan fingerprint density at radius 3 is 2.43 bits per heavy atom. The summed E-state index contributed by atoms with van der Waals surface area (Å²) in [7, 11) is -2.21. The molecule has 12 nitrogen and oxygen atoms in total. The van der Waals surface area contributed by atoms with Crippen molar-refractivity contribution in [3.63, 3.8) is 0 Å². The Bertz CT molecular complexity index is 1570. The summed E-state index contributed by atoms with van der Waals surface area (Å²) < 4.78 is 33.6. The van der Waals surface area contributed by atoms with Gasteiger partial charge in [0.25, 0.3) is 11.8 Å². The molecule has 226 valence electrons. The van der Waals surface area contributed by atoms with E-state index < -0.39 is 15.9 Å². The highest BCUT2D eigenvalue weighted by Gasteiger charge is 2.23. The van der Waals surface area contributed by atoms with Crippen molar-refractivity contribution < 1.29 is 22.7 Å². The average Bonchev–Trinajstić information content (AvgIpc) is 3.41. The van der Waals surface area contributed by atoms with E-state index in [-0.39, 0.29) is 28.5 Å². The van der Waals surface area contributed by atoms with Gasteiger partial charge in [-0.15, -0.1) is 5.10 Å². The monoisotopic (exact) mass is 597 g/mol. The minimum atomic E-state index is -3.61. The van der Waals surface area contributed by atoms with Crippen molar-refractivity contribution in [2.24, 2.45) is 5.92 Å². The van der Waals surface area contributed by atoms with Crippen molar-refractivity contribution >= 4 is 33.2 Å². The Balaban J connectivity index is 1.58. The number of amides is 2. The number of carbonyl (C=O) groups is 2. The molecule has 0 radical (unpaired) electrons. The van der Waals surface area contributed by atoms with Crippen LogP contribution in [0, 0.1) is 12.8 Å². The first-order valence-electron chi connectivity index (χ1n) is 13.8. The molecule has 0 atom stereocenters. The molecule has 4 rings (SSSR count). The van der Waals surface area contributed by atoms with Crippen LogP contribution in [0.15, 0.2) is 36.5 Å². The van der Waals surface area contributed by atoms with E-state index in [0.717, 1.165) is 43.3 Å². The lowest BCUT2D eigenvalue weighted by Crippen LogP contribution is -2.36. The average molecular weight is 598 g/mol. The normalized spacial score (nSPS) is 14.3. The number of anilines is 2. The molecule has 0 aliphatic carbocycles. The fraction of sp³-hybridized carbons (Fsp3) is 0.448. The number of aryl methyl sites for hydroxylation is 1. The van der Waals surface area contributed by atoms with E-state index in [9.17, 15) is 18.0 Å². The van der Waals surface area contributed by atoms with Gasteiger partial charge in [0.2, 0.25) is 10.0 Å². The zero-order valence-electron chi connectivity index (χ0n) is 24.9. The third-order valence-electron chi connectivity index (χ3n) is 7.16. The smallest absolute Gasteiger partial charge is 0.273 e. The van der Waals surface area contributed by atoms with Gasteiger partial charge in [0.05, 0.1) is 36.6 Å². The Kier molecular flexibility index (Phi) is 9.21. The van der Waals surface area contributed by atoms with Gasteiger partial charge in [0.1, 0.15) is 0 Å². The Hall–Kier alpha value is -3.97. The second-order valence-corrected chi connectivity index (χ2v) is 13.4. The predicted molar refractivity (Wildman–Crippen MR) is 162 cm³/mol. The maximum Gasteiger partial charge on any atom is 0.273 e. The van der Waals surface area contributed by atoms with Crippen molar-refractivity contribution in [2.45, 2.75) is 46.0 Å². The Morgan fingerprint density at radius 2 is 1.79 bits per heavy atom. The van der Waals surface area contributed by atoms with Crippen molar-refractivity contribution in [1.82, 2.24) is 25.6 Å². The number of hydrogen-bond acceptors (Lipinski definition) is 8. The van der Waals surface area contributed by atoms with Crippen LogP contribution in [-0.4, -0.2) is 68.2 Å². The quantitative estimate of drug-likeness (QED) is 0.293. The molecule has 1 fully saturated rings. The van der Waals surface area contributed by atoms with E-state index >= 15 is 0 Å². The van der Waals surface area contributed by atoms with Crippen molar-refractivity contribution in [3.8, 4) is 11.4 Å². The molecule has 0 bridgehead atoms. The number of sulfonamides is 1. The number of aromatic nitrogens is 3. The fourth-order valence-corrected chi connectivity index (χ4v) is 5.29. The van der Waals surface area contributed by atoms with E-state index in [2.05, 4.69) is 31.0 Å². The zero-order chi connectivity index (χ0) is 30.7. The van der Waals surface area contributed by atoms with E-state index in [1.165, 1.54) is 11.8 Å². The van der Waals surface area contributed by atoms with Gasteiger partial charge in [-0.3, -0.25) is 14.3 Å². The summed E-state index contributed by atoms with van der Waals surface area (Å²) in [4.78, 5) is 26.2. The summed E-state index contributed by atoms with van der Waals surface area (Å²) in [6.45, 7) is 10.3. The highest BCUT2D eigenvalue weighted by molar-refractivity contribution is 7.92. The molecule has 2 heterocycles. The minimum absolute atomic E-state index is 0.186. The van der Waals surface area contributed by atoms with Crippen molar-refractivity contribution in [1.29, 1.82) is 0 Å². The summed E-state index contributed by atoms with van der Waals surface area (Å²) >= 11 is 0. The summed E-state index contributed by atoms with van der Waals surface area (Å²) in [5.41, 5.74) is 2.91. The lowest BCUT2D eigenvalue weighted by Gasteiger charge is -2.24. The number of carbonyl (C=O) groups excluding carboxylic acids is 2. The second-order valence-electron chi connectivity index (χ2n) is 11.6. The molecule has 4 N–H and O–H groups in total. The van der Waals surface area contributed by atoms with E-state index in [4.69, 9.17) is 4.74 Å². The number of hydrogen-bond donors (Lipinski definition) is 4. The molecule has 1 aliphatic rings. The van der Waals surface area contributed by atoms with Gasteiger partial charge < -0.3 is 20.7 Å². The highest BCUT2D eigenvalue weighted by Crippen LogP contribution is 2.39. The lowest BCUT2D eigenvalue weighted by atomic mass is 9.86. The van der Waals surface area contributed by atoms with Crippen LogP contribution in [0.1, 0.15) is 65.6 Å². The number of nitrogens with zero attached hydrogens (tertiary/aromatic N) is 3. The molecule has 3 aromatic rings. The highest BCUT2D eigenvalue weighted by atomic mass is 32.2. The molecule has 42 heavy (non-hydrogen) atoms. The number of nitrogens with one attached hydrogen (secondary N) is 4. The minimum Gasteiger partial charge on any atom is -0.492 e. The summed E-state index contributed by atoms with van der Waals surface area (Å²) in [6, 6.07) is 8.58. The van der Waals surface area contributed by atoms with Gasteiger partial charge in [-0.1, -0.05) is 32.1 Å². The second kappa shape index (κ2) is 12.5. The van der Waals surface area contributed by atoms with Crippen LogP contribution >= 0.6 is 0 Å². The first kappa shape index (κ1) is 31.0. The molecule has 2 aromatic carbocycles. The first-order chi connectivity index (χ1) is 19.7. The largest absolute Gasteiger partial charge is 0.492 e. The fourth-order valence-electron chi connectivity index (χ4n) is 4.74. The van der Waals surface area contributed by atoms with Gasteiger partial charge in [-0.25, -0.2) is 13.1 Å². The maximum absolute atomic E-state index is 13.5. The number of benzene rings is 2. The van der Waals surface area contributed by atoms with Crippen LogP contribution in [0.2, 0.25) is 0 Å². The maximum atomic E-state index is 13.5. The Labute approximate surface area is 246 Å². The molecule has 0 saturated carbocycles. The molecule has 1 aliphatic heterocycles. The number of piperidine rings is 1. The number of ether oxygens (including phenoxy) is 1. The predicted octanol–water partition coefficient (Wildman–Crippen LogP) is 3.24.